The van der Waals surface area contributed by atoms with Crippen LogP contribution in [-0.4, -0.2) is 0 Å². The standard InChI is InChI=1S/C56H61NS/c1-51(2)23-25-53(5,6)44-31-39(18-20-41(44)51)57(40-19-21-42-45(32-40)54(7,8)26-24-52(42,3)4)38-16-13-35(14-17-38)36-15-22-48-46(29-36)56(43-11-9-10-12-47(43)58-48)49-28-34-27-37-30-50(56)55(37,49)33-34/h9-22,29,31-32,34,37,49-50H,23-28,30,33H2,1-8H3. The summed E-state index contributed by atoms with van der Waals surface area (Å²) in [4.78, 5) is 5.57. The van der Waals surface area contributed by atoms with Crippen LogP contribution >= 0.6 is 11.8 Å². The van der Waals surface area contributed by atoms with Crippen molar-refractivity contribution >= 4 is 28.8 Å². The van der Waals surface area contributed by atoms with Crippen LogP contribution < -0.4 is 4.90 Å². The molecule has 2 spiro atoms. The molecule has 6 atom stereocenters. The lowest BCUT2D eigenvalue weighted by Gasteiger charge is -2.78. The van der Waals surface area contributed by atoms with Gasteiger partial charge < -0.3 is 4.90 Å². The molecule has 58 heavy (non-hydrogen) atoms. The maximum absolute atomic E-state index is 2.65. The van der Waals surface area contributed by atoms with Gasteiger partial charge in [0.25, 0.3) is 0 Å². The molecule has 0 radical (unpaired) electrons. The Morgan fingerprint density at radius 3 is 1.62 bits per heavy atom. The van der Waals surface area contributed by atoms with E-state index in [2.05, 4.69) is 163 Å². The predicted molar refractivity (Wildman–Crippen MR) is 243 cm³/mol. The molecule has 2 bridgehead atoms. The van der Waals surface area contributed by atoms with Gasteiger partial charge in [-0.2, -0.15) is 0 Å². The molecule has 296 valence electrons. The molecule has 6 aliphatic carbocycles. The van der Waals surface area contributed by atoms with Gasteiger partial charge in [0.2, 0.25) is 0 Å². The van der Waals surface area contributed by atoms with Gasteiger partial charge in [-0.25, -0.2) is 0 Å². The van der Waals surface area contributed by atoms with Crippen LogP contribution in [0.5, 0.6) is 0 Å². The maximum atomic E-state index is 2.65. The van der Waals surface area contributed by atoms with Crippen molar-refractivity contribution < 1.29 is 0 Å². The third-order valence-electron chi connectivity index (χ3n) is 18.1. The highest BCUT2D eigenvalue weighted by molar-refractivity contribution is 7.99. The average molecular weight is 780 g/mol. The van der Waals surface area contributed by atoms with Crippen LogP contribution in [-0.2, 0) is 27.1 Å². The fourth-order valence-electron chi connectivity index (χ4n) is 14.9. The maximum Gasteiger partial charge on any atom is 0.0464 e. The molecule has 1 aliphatic heterocycles. The Labute approximate surface area is 352 Å². The fourth-order valence-corrected chi connectivity index (χ4v) is 16.1. The van der Waals surface area contributed by atoms with E-state index in [1.807, 2.05) is 11.8 Å². The normalized spacial score (nSPS) is 31.5. The summed E-state index contributed by atoms with van der Waals surface area (Å²) in [6, 6.07) is 41.5. The quantitative estimate of drug-likeness (QED) is 0.179. The molecule has 6 unspecified atom stereocenters. The second-order valence-corrected chi connectivity index (χ2v) is 23.8. The van der Waals surface area contributed by atoms with Gasteiger partial charge in [0.15, 0.2) is 0 Å². The number of anilines is 3. The summed E-state index contributed by atoms with van der Waals surface area (Å²) in [5.74, 6) is 3.59. The molecule has 0 aromatic heterocycles. The third kappa shape index (κ3) is 4.57. The molecule has 0 N–H and O–H groups in total. The Morgan fingerprint density at radius 2 is 1.00 bits per heavy atom. The highest BCUT2D eigenvalue weighted by Gasteiger charge is 2.84. The molecule has 4 fully saturated rings. The summed E-state index contributed by atoms with van der Waals surface area (Å²) in [5.41, 5.74) is 17.3. The van der Waals surface area contributed by atoms with Crippen LogP contribution in [0, 0.1) is 29.1 Å². The van der Waals surface area contributed by atoms with Gasteiger partial charge in [-0.3, -0.25) is 0 Å². The molecule has 4 saturated carbocycles. The first kappa shape index (κ1) is 36.1. The minimum Gasteiger partial charge on any atom is -0.310 e. The highest BCUT2D eigenvalue weighted by Crippen LogP contribution is 2.89. The van der Waals surface area contributed by atoms with E-state index in [-0.39, 0.29) is 27.1 Å². The van der Waals surface area contributed by atoms with E-state index < -0.39 is 0 Å². The lowest BCUT2D eigenvalue weighted by Crippen LogP contribution is -2.74. The molecular formula is C56H61NS. The van der Waals surface area contributed by atoms with E-state index in [1.54, 1.807) is 11.1 Å². The molecule has 5 aromatic carbocycles. The largest absolute Gasteiger partial charge is 0.310 e. The Hall–Kier alpha value is -3.75. The summed E-state index contributed by atoms with van der Waals surface area (Å²) in [6.45, 7) is 19.6. The van der Waals surface area contributed by atoms with Crippen molar-refractivity contribution in [3.05, 3.63) is 137 Å². The second kappa shape index (κ2) is 11.5. The van der Waals surface area contributed by atoms with Crippen molar-refractivity contribution in [3.8, 4) is 11.1 Å². The first-order chi connectivity index (χ1) is 27.6. The zero-order valence-electron chi connectivity index (χ0n) is 36.1. The molecule has 0 amide bonds. The zero-order chi connectivity index (χ0) is 39.8. The number of nitrogens with zero attached hydrogens (tertiary/aromatic N) is 1. The van der Waals surface area contributed by atoms with Crippen LogP contribution in [0.1, 0.15) is 140 Å². The van der Waals surface area contributed by atoms with Gasteiger partial charge in [0.05, 0.1) is 0 Å². The van der Waals surface area contributed by atoms with E-state index in [0.29, 0.717) is 5.41 Å². The summed E-state index contributed by atoms with van der Waals surface area (Å²) in [5, 5.41) is 0. The molecule has 5 aromatic rings. The van der Waals surface area contributed by atoms with Crippen molar-refractivity contribution in [1.82, 2.24) is 0 Å². The number of fused-ring (bicyclic) bond motifs is 9. The van der Waals surface area contributed by atoms with Crippen LogP contribution in [0.15, 0.2) is 113 Å². The lowest BCUT2D eigenvalue weighted by atomic mass is 9.26. The fraction of sp³-hybridized carbons (Fsp3) is 0.464. The van der Waals surface area contributed by atoms with Gasteiger partial charge in [0, 0.05) is 32.3 Å². The van der Waals surface area contributed by atoms with Gasteiger partial charge in [-0.05, 0) is 201 Å². The van der Waals surface area contributed by atoms with Gasteiger partial charge >= 0.3 is 0 Å². The summed E-state index contributed by atoms with van der Waals surface area (Å²) >= 11 is 2.02. The van der Waals surface area contributed by atoms with E-state index in [9.17, 15) is 0 Å². The molecule has 2 heteroatoms. The number of benzene rings is 5. The first-order valence-electron chi connectivity index (χ1n) is 22.8. The van der Waals surface area contributed by atoms with Crippen molar-refractivity contribution in [2.24, 2.45) is 29.1 Å². The predicted octanol–water partition coefficient (Wildman–Crippen LogP) is 15.3. The SMILES string of the molecule is CC1(C)CCC(C)(C)c2cc(N(c3ccc(-c4ccc5c(c4)C4(c6ccccc6S5)C5CC6CC7CC4C75C6)cc3)c3ccc4c(c3)C(C)(C)CCC4(C)C)ccc21. The highest BCUT2D eigenvalue weighted by atomic mass is 32.2. The van der Waals surface area contributed by atoms with Crippen molar-refractivity contribution in [3.63, 3.8) is 0 Å². The smallest absolute Gasteiger partial charge is 0.0464 e. The summed E-state index contributed by atoms with van der Waals surface area (Å²) in [7, 11) is 0. The van der Waals surface area contributed by atoms with Crippen LogP contribution in [0.2, 0.25) is 0 Å². The zero-order valence-corrected chi connectivity index (χ0v) is 37.0. The molecule has 1 heterocycles. The summed E-state index contributed by atoms with van der Waals surface area (Å²) < 4.78 is 0. The topological polar surface area (TPSA) is 3.24 Å². The Morgan fingerprint density at radius 1 is 0.466 bits per heavy atom. The van der Waals surface area contributed by atoms with Gasteiger partial charge in [-0.1, -0.05) is 116 Å². The van der Waals surface area contributed by atoms with E-state index in [0.717, 1.165) is 23.7 Å². The molecule has 1 nitrogen and oxygen atoms in total. The molecule has 7 aliphatic rings. The van der Waals surface area contributed by atoms with E-state index >= 15 is 0 Å². The molecular weight excluding hydrogens is 719 g/mol. The Kier molecular flexibility index (Phi) is 7.19. The average Bonchev–Trinajstić information content (AvgIpc) is 3.74. The van der Waals surface area contributed by atoms with E-state index in [4.69, 9.17) is 0 Å². The van der Waals surface area contributed by atoms with Crippen molar-refractivity contribution in [2.45, 2.75) is 144 Å². The minimum absolute atomic E-state index is 0.138. The van der Waals surface area contributed by atoms with Crippen LogP contribution in [0.3, 0.4) is 0 Å². The van der Waals surface area contributed by atoms with Gasteiger partial charge in [0.1, 0.15) is 0 Å². The first-order valence-corrected chi connectivity index (χ1v) is 23.6. The molecule has 0 saturated heterocycles. The number of hydrogen-bond acceptors (Lipinski definition) is 2. The van der Waals surface area contributed by atoms with Crippen LogP contribution in [0.25, 0.3) is 11.1 Å². The van der Waals surface area contributed by atoms with Crippen molar-refractivity contribution in [1.29, 1.82) is 0 Å². The van der Waals surface area contributed by atoms with Gasteiger partial charge in [-0.15, -0.1) is 0 Å². The number of rotatable bonds is 4. The minimum atomic E-state index is 0.138. The second-order valence-electron chi connectivity index (χ2n) is 22.7. The molecule has 12 rings (SSSR count). The Balaban J connectivity index is 0.971. The van der Waals surface area contributed by atoms with Crippen molar-refractivity contribution in [2.75, 3.05) is 4.90 Å². The Bertz CT molecular complexity index is 2470. The monoisotopic (exact) mass is 779 g/mol. The third-order valence-corrected chi connectivity index (χ3v) is 19.3. The summed E-state index contributed by atoms with van der Waals surface area (Å²) in [6.07, 6.45) is 10.8. The lowest BCUT2D eigenvalue weighted by molar-refractivity contribution is -0.235. The van der Waals surface area contributed by atoms with Crippen LogP contribution in [0.4, 0.5) is 17.1 Å². The van der Waals surface area contributed by atoms with E-state index in [1.165, 1.54) is 112 Å². The number of hydrogen-bond donors (Lipinski definition) is 0.